The number of halogens is 1. The van der Waals surface area contributed by atoms with E-state index in [1.807, 2.05) is 20.8 Å². The fraction of sp³-hybridized carbons (Fsp3) is 0.444. The van der Waals surface area contributed by atoms with Crippen LogP contribution in [0.15, 0.2) is 24.3 Å². The van der Waals surface area contributed by atoms with Crippen molar-refractivity contribution in [3.63, 3.8) is 0 Å². The summed E-state index contributed by atoms with van der Waals surface area (Å²) in [5.74, 6) is 0.164. The summed E-state index contributed by atoms with van der Waals surface area (Å²) < 4.78 is 18.5. The van der Waals surface area contributed by atoms with Gasteiger partial charge in [0.1, 0.15) is 28.1 Å². The highest BCUT2D eigenvalue weighted by atomic mass is 32.1. The molecule has 0 radical (unpaired) electrons. The van der Waals surface area contributed by atoms with E-state index in [-0.39, 0.29) is 23.9 Å². The van der Waals surface area contributed by atoms with Gasteiger partial charge in [0.15, 0.2) is 0 Å². The number of ether oxygens (including phenoxy) is 1. The van der Waals surface area contributed by atoms with Crippen LogP contribution in [-0.4, -0.2) is 16.4 Å². The standard InChI is InChI=1S/C18H23FN2O2S/c1-5-10-18(3,4)21-17(22)16-12(2)20-15(24-16)11-23-14-8-6-13(19)7-9-14/h6-9H,5,10-11H2,1-4H3,(H,21,22). The summed E-state index contributed by atoms with van der Waals surface area (Å²) in [6, 6.07) is 5.82. The van der Waals surface area contributed by atoms with Crippen LogP contribution in [-0.2, 0) is 6.61 Å². The third-order valence-corrected chi connectivity index (χ3v) is 4.68. The number of hydrogen-bond donors (Lipinski definition) is 1. The zero-order valence-electron chi connectivity index (χ0n) is 14.5. The van der Waals surface area contributed by atoms with Gasteiger partial charge in [-0.15, -0.1) is 11.3 Å². The van der Waals surface area contributed by atoms with Gasteiger partial charge in [-0.2, -0.15) is 0 Å². The SMILES string of the molecule is CCCC(C)(C)NC(=O)c1sc(COc2ccc(F)cc2)nc1C. The van der Waals surface area contributed by atoms with E-state index < -0.39 is 0 Å². The summed E-state index contributed by atoms with van der Waals surface area (Å²) in [5.41, 5.74) is 0.454. The van der Waals surface area contributed by atoms with E-state index in [9.17, 15) is 9.18 Å². The van der Waals surface area contributed by atoms with E-state index in [4.69, 9.17) is 4.74 Å². The molecule has 24 heavy (non-hydrogen) atoms. The first kappa shape index (κ1) is 18.4. The molecule has 1 aromatic carbocycles. The first-order valence-electron chi connectivity index (χ1n) is 7.98. The Morgan fingerprint density at radius 1 is 1.33 bits per heavy atom. The molecule has 1 N–H and O–H groups in total. The predicted octanol–water partition coefficient (Wildman–Crippen LogP) is 4.48. The van der Waals surface area contributed by atoms with Gasteiger partial charge < -0.3 is 10.1 Å². The molecule has 2 aromatic rings. The summed E-state index contributed by atoms with van der Waals surface area (Å²) >= 11 is 1.33. The fourth-order valence-electron chi connectivity index (χ4n) is 2.45. The zero-order valence-corrected chi connectivity index (χ0v) is 15.3. The van der Waals surface area contributed by atoms with E-state index in [1.54, 1.807) is 12.1 Å². The highest BCUT2D eigenvalue weighted by Gasteiger charge is 2.23. The maximum absolute atomic E-state index is 12.9. The first-order valence-corrected chi connectivity index (χ1v) is 8.79. The molecule has 130 valence electrons. The lowest BCUT2D eigenvalue weighted by Gasteiger charge is -2.25. The van der Waals surface area contributed by atoms with Gasteiger partial charge in [-0.1, -0.05) is 13.3 Å². The first-order chi connectivity index (χ1) is 11.3. The van der Waals surface area contributed by atoms with Gasteiger partial charge >= 0.3 is 0 Å². The molecule has 1 amide bonds. The zero-order chi connectivity index (χ0) is 17.7. The van der Waals surface area contributed by atoms with Crippen LogP contribution in [0.1, 0.15) is 54.0 Å². The third kappa shape index (κ3) is 5.03. The van der Waals surface area contributed by atoms with Crippen LogP contribution in [0, 0.1) is 12.7 Å². The number of hydrogen-bond acceptors (Lipinski definition) is 4. The average molecular weight is 350 g/mol. The molecular formula is C18H23FN2O2S. The molecule has 0 atom stereocenters. The van der Waals surface area contributed by atoms with Crippen molar-refractivity contribution in [2.45, 2.75) is 52.7 Å². The molecule has 0 saturated carbocycles. The highest BCUT2D eigenvalue weighted by Crippen LogP contribution is 2.22. The van der Waals surface area contributed by atoms with Crippen LogP contribution in [0.5, 0.6) is 5.75 Å². The van der Waals surface area contributed by atoms with Gasteiger partial charge in [-0.3, -0.25) is 4.79 Å². The van der Waals surface area contributed by atoms with Crippen molar-refractivity contribution < 1.29 is 13.9 Å². The number of carbonyl (C=O) groups is 1. The molecule has 6 heteroatoms. The Morgan fingerprint density at radius 3 is 2.62 bits per heavy atom. The maximum Gasteiger partial charge on any atom is 0.263 e. The predicted molar refractivity (Wildman–Crippen MR) is 94.0 cm³/mol. The lowest BCUT2D eigenvalue weighted by atomic mass is 9.99. The largest absolute Gasteiger partial charge is 0.486 e. The number of benzene rings is 1. The number of nitrogens with one attached hydrogen (secondary N) is 1. The molecule has 0 saturated heterocycles. The van der Waals surface area contributed by atoms with Crippen LogP contribution in [0.3, 0.4) is 0 Å². The summed E-state index contributed by atoms with van der Waals surface area (Å²) in [6.07, 6.45) is 1.92. The summed E-state index contributed by atoms with van der Waals surface area (Å²) in [4.78, 5) is 17.5. The Hall–Kier alpha value is -1.95. The second-order valence-electron chi connectivity index (χ2n) is 6.35. The summed E-state index contributed by atoms with van der Waals surface area (Å²) in [7, 11) is 0. The van der Waals surface area contributed by atoms with Crippen molar-refractivity contribution in [1.82, 2.24) is 10.3 Å². The van der Waals surface area contributed by atoms with Crippen molar-refractivity contribution in [1.29, 1.82) is 0 Å². The van der Waals surface area contributed by atoms with Crippen LogP contribution < -0.4 is 10.1 Å². The van der Waals surface area contributed by atoms with E-state index in [2.05, 4.69) is 17.2 Å². The van der Waals surface area contributed by atoms with Crippen molar-refractivity contribution >= 4 is 17.2 Å². The Bertz CT molecular complexity index is 696. The van der Waals surface area contributed by atoms with Crippen molar-refractivity contribution in [3.8, 4) is 5.75 Å². The quantitative estimate of drug-likeness (QED) is 0.801. The average Bonchev–Trinajstić information content (AvgIpc) is 2.87. The molecule has 0 unspecified atom stereocenters. The van der Waals surface area contributed by atoms with Gasteiger partial charge in [-0.05, 0) is 51.5 Å². The van der Waals surface area contributed by atoms with Crippen molar-refractivity contribution in [3.05, 3.63) is 45.7 Å². The van der Waals surface area contributed by atoms with E-state index in [1.165, 1.54) is 23.5 Å². The number of thiazole rings is 1. The Morgan fingerprint density at radius 2 is 2.00 bits per heavy atom. The molecule has 4 nitrogen and oxygen atoms in total. The number of aromatic nitrogens is 1. The minimum Gasteiger partial charge on any atom is -0.486 e. The molecule has 0 bridgehead atoms. The fourth-order valence-corrected chi connectivity index (χ4v) is 3.33. The van der Waals surface area contributed by atoms with E-state index >= 15 is 0 Å². The van der Waals surface area contributed by atoms with Gasteiger partial charge in [0.25, 0.3) is 5.91 Å². The van der Waals surface area contributed by atoms with Gasteiger partial charge in [0.2, 0.25) is 0 Å². The number of carbonyl (C=O) groups excluding carboxylic acids is 1. The molecule has 1 aromatic heterocycles. The Kier molecular flexibility index (Phi) is 5.94. The normalized spacial score (nSPS) is 11.4. The number of aryl methyl sites for hydroxylation is 1. The van der Waals surface area contributed by atoms with Crippen LogP contribution in [0.4, 0.5) is 4.39 Å². The number of amides is 1. The minimum absolute atomic E-state index is 0.100. The van der Waals surface area contributed by atoms with E-state index in [0.29, 0.717) is 16.3 Å². The molecule has 0 aliphatic carbocycles. The van der Waals surface area contributed by atoms with Gasteiger partial charge in [0.05, 0.1) is 5.69 Å². The highest BCUT2D eigenvalue weighted by molar-refractivity contribution is 7.13. The number of nitrogens with zero attached hydrogens (tertiary/aromatic N) is 1. The van der Waals surface area contributed by atoms with E-state index in [0.717, 1.165) is 17.8 Å². The Labute approximate surface area is 146 Å². The van der Waals surface area contributed by atoms with Crippen molar-refractivity contribution in [2.24, 2.45) is 0 Å². The number of rotatable bonds is 7. The topological polar surface area (TPSA) is 51.2 Å². The molecule has 0 spiro atoms. The second kappa shape index (κ2) is 7.75. The molecule has 2 rings (SSSR count). The monoisotopic (exact) mass is 350 g/mol. The lowest BCUT2D eigenvalue weighted by molar-refractivity contribution is 0.0912. The molecular weight excluding hydrogens is 327 g/mol. The van der Waals surface area contributed by atoms with Gasteiger partial charge in [0, 0.05) is 5.54 Å². The van der Waals surface area contributed by atoms with Gasteiger partial charge in [-0.25, -0.2) is 9.37 Å². The smallest absolute Gasteiger partial charge is 0.263 e. The Balaban J connectivity index is 2.01. The molecule has 0 aliphatic heterocycles. The van der Waals surface area contributed by atoms with Crippen LogP contribution in [0.2, 0.25) is 0 Å². The summed E-state index contributed by atoms with van der Waals surface area (Å²) in [5, 5.41) is 3.77. The maximum atomic E-state index is 12.9. The van der Waals surface area contributed by atoms with Crippen LogP contribution in [0.25, 0.3) is 0 Å². The molecule has 0 aliphatic rings. The molecule has 0 fully saturated rings. The third-order valence-electron chi connectivity index (χ3n) is 3.55. The second-order valence-corrected chi connectivity index (χ2v) is 7.44. The minimum atomic E-state index is -0.305. The molecule has 1 heterocycles. The van der Waals surface area contributed by atoms with Crippen LogP contribution >= 0.6 is 11.3 Å². The lowest BCUT2D eigenvalue weighted by Crippen LogP contribution is -2.43. The summed E-state index contributed by atoms with van der Waals surface area (Å²) in [6.45, 7) is 8.20. The van der Waals surface area contributed by atoms with Crippen molar-refractivity contribution in [2.75, 3.05) is 0 Å².